The fraction of sp³-hybridized carbons (Fsp3) is 0.400. The third kappa shape index (κ3) is 2.40. The van der Waals surface area contributed by atoms with Gasteiger partial charge in [-0.2, -0.15) is 0 Å². The van der Waals surface area contributed by atoms with Gasteiger partial charge in [-0.15, -0.1) is 0 Å². The molecule has 1 fully saturated rings. The number of hydrogen-bond donors (Lipinski definition) is 2. The molecule has 1 aromatic carbocycles. The second kappa shape index (κ2) is 4.63. The standard InChI is InChI=1S/C10H13F2N3O/c11-8-5-7(13)6-9(12)10(8)14-15-1-3-16-4-2-15/h5-6,14H,1-4,13H2. The van der Waals surface area contributed by atoms with Crippen LogP contribution in [0.2, 0.25) is 0 Å². The summed E-state index contributed by atoms with van der Waals surface area (Å²) in [7, 11) is 0. The highest BCUT2D eigenvalue weighted by atomic mass is 19.1. The van der Waals surface area contributed by atoms with Gasteiger partial charge in [-0.3, -0.25) is 0 Å². The summed E-state index contributed by atoms with van der Waals surface area (Å²) >= 11 is 0. The molecule has 0 unspecified atom stereocenters. The van der Waals surface area contributed by atoms with E-state index in [-0.39, 0.29) is 11.4 Å². The Kier molecular flexibility index (Phi) is 3.21. The zero-order valence-electron chi connectivity index (χ0n) is 8.67. The molecule has 16 heavy (non-hydrogen) atoms. The summed E-state index contributed by atoms with van der Waals surface area (Å²) in [6.45, 7) is 2.27. The van der Waals surface area contributed by atoms with Gasteiger partial charge in [0.2, 0.25) is 0 Å². The van der Waals surface area contributed by atoms with Gasteiger partial charge in [0.15, 0.2) is 11.6 Å². The molecule has 1 saturated heterocycles. The third-order valence-electron chi connectivity index (χ3n) is 2.35. The van der Waals surface area contributed by atoms with Crippen LogP contribution < -0.4 is 11.2 Å². The second-order valence-corrected chi connectivity index (χ2v) is 3.57. The first-order valence-electron chi connectivity index (χ1n) is 5.00. The maximum atomic E-state index is 13.4. The lowest BCUT2D eigenvalue weighted by Gasteiger charge is -2.28. The first kappa shape index (κ1) is 11.1. The number of hydrazine groups is 1. The molecule has 1 aromatic rings. The summed E-state index contributed by atoms with van der Waals surface area (Å²) in [5.74, 6) is -1.38. The van der Waals surface area contributed by atoms with E-state index >= 15 is 0 Å². The summed E-state index contributed by atoms with van der Waals surface area (Å²) in [5.41, 5.74) is 7.91. The van der Waals surface area contributed by atoms with Gasteiger partial charge >= 0.3 is 0 Å². The molecule has 2 rings (SSSR count). The van der Waals surface area contributed by atoms with Crippen LogP contribution in [0, 0.1) is 11.6 Å². The average molecular weight is 229 g/mol. The highest BCUT2D eigenvalue weighted by Crippen LogP contribution is 2.22. The lowest BCUT2D eigenvalue weighted by Crippen LogP contribution is -2.40. The van der Waals surface area contributed by atoms with Crippen LogP contribution in [0.3, 0.4) is 0 Å². The topological polar surface area (TPSA) is 50.5 Å². The van der Waals surface area contributed by atoms with Crippen LogP contribution in [0.5, 0.6) is 0 Å². The molecule has 4 nitrogen and oxygen atoms in total. The minimum atomic E-state index is -0.691. The van der Waals surface area contributed by atoms with Crippen molar-refractivity contribution in [3.63, 3.8) is 0 Å². The van der Waals surface area contributed by atoms with Crippen molar-refractivity contribution in [1.82, 2.24) is 5.01 Å². The number of morpholine rings is 1. The van der Waals surface area contributed by atoms with Gasteiger partial charge in [0.05, 0.1) is 13.2 Å². The van der Waals surface area contributed by atoms with Gasteiger partial charge in [0, 0.05) is 18.8 Å². The Bertz CT molecular complexity index is 357. The number of nitrogens with zero attached hydrogens (tertiary/aromatic N) is 1. The molecule has 6 heteroatoms. The molecule has 3 N–H and O–H groups in total. The van der Waals surface area contributed by atoms with Crippen molar-refractivity contribution in [2.75, 3.05) is 37.5 Å². The van der Waals surface area contributed by atoms with Crippen molar-refractivity contribution in [2.24, 2.45) is 0 Å². The number of nitrogens with two attached hydrogens (primary N) is 1. The number of hydrogen-bond acceptors (Lipinski definition) is 4. The lowest BCUT2D eigenvalue weighted by molar-refractivity contribution is 0.0493. The van der Waals surface area contributed by atoms with Crippen molar-refractivity contribution in [3.8, 4) is 0 Å². The van der Waals surface area contributed by atoms with Crippen LogP contribution in [-0.2, 0) is 4.74 Å². The first-order chi connectivity index (χ1) is 7.66. The summed E-state index contributed by atoms with van der Waals surface area (Å²) in [6, 6.07) is 2.18. The predicted octanol–water partition coefficient (Wildman–Crippen LogP) is 1.21. The van der Waals surface area contributed by atoms with Crippen molar-refractivity contribution in [3.05, 3.63) is 23.8 Å². The smallest absolute Gasteiger partial charge is 0.152 e. The van der Waals surface area contributed by atoms with Crippen molar-refractivity contribution < 1.29 is 13.5 Å². The summed E-state index contributed by atoms with van der Waals surface area (Å²) in [6.07, 6.45) is 0. The number of ether oxygens (including phenoxy) is 1. The molecular weight excluding hydrogens is 216 g/mol. The van der Waals surface area contributed by atoms with E-state index in [2.05, 4.69) is 5.43 Å². The molecule has 0 radical (unpaired) electrons. The van der Waals surface area contributed by atoms with Crippen LogP contribution in [0.4, 0.5) is 20.2 Å². The number of halogens is 2. The van der Waals surface area contributed by atoms with Gasteiger partial charge in [-0.05, 0) is 12.1 Å². The van der Waals surface area contributed by atoms with E-state index in [1.807, 2.05) is 0 Å². The van der Waals surface area contributed by atoms with E-state index in [9.17, 15) is 8.78 Å². The quantitative estimate of drug-likeness (QED) is 0.748. The zero-order valence-corrected chi connectivity index (χ0v) is 8.67. The van der Waals surface area contributed by atoms with Crippen LogP contribution >= 0.6 is 0 Å². The van der Waals surface area contributed by atoms with E-state index in [0.717, 1.165) is 12.1 Å². The van der Waals surface area contributed by atoms with Crippen LogP contribution in [0.15, 0.2) is 12.1 Å². The van der Waals surface area contributed by atoms with Crippen molar-refractivity contribution >= 4 is 11.4 Å². The molecule has 1 heterocycles. The monoisotopic (exact) mass is 229 g/mol. The Morgan fingerprint density at radius 3 is 2.31 bits per heavy atom. The maximum Gasteiger partial charge on any atom is 0.152 e. The third-order valence-corrected chi connectivity index (χ3v) is 2.35. The molecule has 1 aliphatic rings. The SMILES string of the molecule is Nc1cc(F)c(NN2CCOCC2)c(F)c1. The van der Waals surface area contributed by atoms with Gasteiger partial charge in [-0.1, -0.05) is 0 Å². The Labute approximate surface area is 91.9 Å². The number of rotatable bonds is 2. The molecule has 0 atom stereocenters. The Morgan fingerprint density at radius 2 is 1.75 bits per heavy atom. The summed E-state index contributed by atoms with van der Waals surface area (Å²) in [5, 5.41) is 1.71. The molecule has 0 spiro atoms. The summed E-state index contributed by atoms with van der Waals surface area (Å²) in [4.78, 5) is 0. The molecule has 0 aromatic heterocycles. The van der Waals surface area contributed by atoms with E-state index in [4.69, 9.17) is 10.5 Å². The number of nitrogen functional groups attached to an aromatic ring is 1. The van der Waals surface area contributed by atoms with Crippen LogP contribution in [-0.4, -0.2) is 31.3 Å². The molecule has 1 aliphatic heterocycles. The first-order valence-corrected chi connectivity index (χ1v) is 5.00. The van der Waals surface area contributed by atoms with Crippen molar-refractivity contribution in [1.29, 1.82) is 0 Å². The highest BCUT2D eigenvalue weighted by molar-refractivity contribution is 5.53. The number of anilines is 2. The summed E-state index contributed by atoms with van der Waals surface area (Å²) < 4.78 is 32.0. The molecule has 0 amide bonds. The molecule has 88 valence electrons. The van der Waals surface area contributed by atoms with Gasteiger partial charge in [-0.25, -0.2) is 13.8 Å². The van der Waals surface area contributed by atoms with Gasteiger partial charge in [0.25, 0.3) is 0 Å². The van der Waals surface area contributed by atoms with Crippen LogP contribution in [0.25, 0.3) is 0 Å². The van der Waals surface area contributed by atoms with E-state index in [1.165, 1.54) is 0 Å². The van der Waals surface area contributed by atoms with E-state index in [0.29, 0.717) is 26.3 Å². The average Bonchev–Trinajstić information content (AvgIpc) is 2.25. The lowest BCUT2D eigenvalue weighted by atomic mass is 10.2. The molecular formula is C10H13F2N3O. The molecule has 0 bridgehead atoms. The zero-order chi connectivity index (χ0) is 11.5. The number of nitrogens with one attached hydrogen (secondary N) is 1. The van der Waals surface area contributed by atoms with Crippen LogP contribution in [0.1, 0.15) is 0 Å². The minimum absolute atomic E-state index is 0.0718. The predicted molar refractivity (Wildman–Crippen MR) is 56.8 cm³/mol. The van der Waals surface area contributed by atoms with Crippen molar-refractivity contribution in [2.45, 2.75) is 0 Å². The van der Waals surface area contributed by atoms with Gasteiger partial charge in [0.1, 0.15) is 5.69 Å². The Hall–Kier alpha value is -1.40. The molecule has 0 saturated carbocycles. The fourth-order valence-electron chi connectivity index (χ4n) is 1.53. The Balaban J connectivity index is 2.14. The largest absolute Gasteiger partial charge is 0.399 e. The number of benzene rings is 1. The molecule has 0 aliphatic carbocycles. The fourth-order valence-corrected chi connectivity index (χ4v) is 1.53. The normalized spacial score (nSPS) is 17.4. The maximum absolute atomic E-state index is 13.4. The Morgan fingerprint density at radius 1 is 1.19 bits per heavy atom. The highest BCUT2D eigenvalue weighted by Gasteiger charge is 2.15. The second-order valence-electron chi connectivity index (χ2n) is 3.57. The minimum Gasteiger partial charge on any atom is -0.399 e. The van der Waals surface area contributed by atoms with E-state index in [1.54, 1.807) is 5.01 Å². The van der Waals surface area contributed by atoms with Gasteiger partial charge < -0.3 is 15.9 Å². The van der Waals surface area contributed by atoms with E-state index < -0.39 is 11.6 Å².